The van der Waals surface area contributed by atoms with E-state index in [0.717, 1.165) is 11.4 Å². The molecule has 1 aromatic heterocycles. The zero-order valence-corrected chi connectivity index (χ0v) is 9.97. The van der Waals surface area contributed by atoms with Crippen LogP contribution in [0.1, 0.15) is 23.0 Å². The maximum atomic E-state index is 12.3. The van der Waals surface area contributed by atoms with E-state index in [0.29, 0.717) is 12.1 Å². The number of benzene rings is 1. The second-order valence-corrected chi connectivity index (χ2v) is 3.79. The highest BCUT2D eigenvalue weighted by Crippen LogP contribution is 2.17. The molecule has 17 heavy (non-hydrogen) atoms. The van der Waals surface area contributed by atoms with Crippen molar-refractivity contribution in [1.82, 2.24) is 10.2 Å². The van der Waals surface area contributed by atoms with Crippen LogP contribution in [-0.4, -0.2) is 22.6 Å². The number of anilines is 1. The van der Waals surface area contributed by atoms with Gasteiger partial charge in [-0.3, -0.25) is 9.89 Å². The van der Waals surface area contributed by atoms with Crippen molar-refractivity contribution >= 4 is 11.6 Å². The monoisotopic (exact) mass is 229 g/mol. The number of para-hydroxylation sites is 1. The Morgan fingerprint density at radius 2 is 2.06 bits per heavy atom. The lowest BCUT2D eigenvalue weighted by Crippen LogP contribution is -2.30. The van der Waals surface area contributed by atoms with Gasteiger partial charge in [-0.15, -0.1) is 0 Å². The first-order valence-corrected chi connectivity index (χ1v) is 5.61. The van der Waals surface area contributed by atoms with E-state index in [4.69, 9.17) is 0 Å². The van der Waals surface area contributed by atoms with Crippen molar-refractivity contribution in [2.24, 2.45) is 0 Å². The van der Waals surface area contributed by atoms with Gasteiger partial charge in [0, 0.05) is 17.9 Å². The zero-order valence-electron chi connectivity index (χ0n) is 9.97. The number of carbonyl (C=O) groups is 1. The van der Waals surface area contributed by atoms with E-state index in [1.54, 1.807) is 11.1 Å². The van der Waals surface area contributed by atoms with Gasteiger partial charge in [0.1, 0.15) is 0 Å². The van der Waals surface area contributed by atoms with Crippen LogP contribution >= 0.6 is 0 Å². The summed E-state index contributed by atoms with van der Waals surface area (Å²) < 4.78 is 0. The predicted molar refractivity (Wildman–Crippen MR) is 67.1 cm³/mol. The molecule has 0 radical (unpaired) electrons. The first-order chi connectivity index (χ1) is 8.24. The van der Waals surface area contributed by atoms with E-state index in [2.05, 4.69) is 10.2 Å². The van der Waals surface area contributed by atoms with Crippen molar-refractivity contribution in [2.45, 2.75) is 13.8 Å². The van der Waals surface area contributed by atoms with Gasteiger partial charge >= 0.3 is 0 Å². The standard InChI is InChI=1S/C13H15N3O/c1-3-16(11-7-5-4-6-8-11)13(17)12-9-14-15-10(12)2/h4-9H,3H2,1-2H3,(H,14,15). The predicted octanol–water partition coefficient (Wildman–Crippen LogP) is 2.38. The van der Waals surface area contributed by atoms with Crippen LogP contribution in [0.5, 0.6) is 0 Å². The van der Waals surface area contributed by atoms with Gasteiger partial charge in [0.2, 0.25) is 0 Å². The normalized spacial score (nSPS) is 10.2. The van der Waals surface area contributed by atoms with Crippen molar-refractivity contribution in [1.29, 1.82) is 0 Å². The molecule has 0 aliphatic rings. The van der Waals surface area contributed by atoms with Gasteiger partial charge in [0.25, 0.3) is 5.91 Å². The van der Waals surface area contributed by atoms with Crippen LogP contribution in [0.25, 0.3) is 0 Å². The third kappa shape index (κ3) is 2.20. The zero-order chi connectivity index (χ0) is 12.3. The quantitative estimate of drug-likeness (QED) is 0.878. The molecule has 0 aliphatic carbocycles. The second kappa shape index (κ2) is 4.82. The van der Waals surface area contributed by atoms with Crippen LogP contribution in [0.3, 0.4) is 0 Å². The Balaban J connectivity index is 2.32. The maximum absolute atomic E-state index is 12.3. The number of aromatic amines is 1. The van der Waals surface area contributed by atoms with Gasteiger partial charge in [-0.2, -0.15) is 5.10 Å². The number of nitrogens with one attached hydrogen (secondary N) is 1. The van der Waals surface area contributed by atoms with Crippen LogP contribution in [0, 0.1) is 6.92 Å². The molecule has 2 aromatic rings. The summed E-state index contributed by atoms with van der Waals surface area (Å²) in [5.74, 6) is -0.0232. The third-order valence-electron chi connectivity index (χ3n) is 2.69. The molecule has 1 heterocycles. The van der Waals surface area contributed by atoms with Gasteiger partial charge in [-0.1, -0.05) is 18.2 Å². The molecule has 2 rings (SSSR count). The van der Waals surface area contributed by atoms with Crippen molar-refractivity contribution in [3.8, 4) is 0 Å². The molecule has 1 amide bonds. The summed E-state index contributed by atoms with van der Waals surface area (Å²) in [5, 5.41) is 6.66. The lowest BCUT2D eigenvalue weighted by Gasteiger charge is -2.20. The van der Waals surface area contributed by atoms with Gasteiger partial charge in [-0.05, 0) is 26.0 Å². The van der Waals surface area contributed by atoms with Crippen molar-refractivity contribution in [3.05, 3.63) is 47.8 Å². The molecule has 1 aromatic carbocycles. The van der Waals surface area contributed by atoms with Crippen LogP contribution in [0.2, 0.25) is 0 Å². The van der Waals surface area contributed by atoms with Crippen LogP contribution in [0.4, 0.5) is 5.69 Å². The fourth-order valence-corrected chi connectivity index (χ4v) is 1.76. The molecule has 0 spiro atoms. The molecule has 0 aliphatic heterocycles. The third-order valence-corrected chi connectivity index (χ3v) is 2.69. The topological polar surface area (TPSA) is 49.0 Å². The Labute approximate surface area is 100 Å². The van der Waals surface area contributed by atoms with Gasteiger partial charge in [-0.25, -0.2) is 0 Å². The molecule has 0 saturated carbocycles. The highest BCUT2D eigenvalue weighted by molar-refractivity contribution is 6.06. The van der Waals surface area contributed by atoms with E-state index < -0.39 is 0 Å². The Morgan fingerprint density at radius 1 is 1.35 bits per heavy atom. The minimum atomic E-state index is -0.0232. The van der Waals surface area contributed by atoms with Crippen LogP contribution < -0.4 is 4.90 Å². The van der Waals surface area contributed by atoms with E-state index in [9.17, 15) is 4.79 Å². The minimum Gasteiger partial charge on any atom is -0.309 e. The Morgan fingerprint density at radius 3 is 2.59 bits per heavy atom. The van der Waals surface area contributed by atoms with Gasteiger partial charge < -0.3 is 4.90 Å². The van der Waals surface area contributed by atoms with Crippen LogP contribution in [0.15, 0.2) is 36.5 Å². The maximum Gasteiger partial charge on any atom is 0.261 e. The lowest BCUT2D eigenvalue weighted by molar-refractivity contribution is 0.0988. The first-order valence-electron chi connectivity index (χ1n) is 5.61. The van der Waals surface area contributed by atoms with Crippen LogP contribution in [-0.2, 0) is 0 Å². The summed E-state index contributed by atoms with van der Waals surface area (Å²) in [6, 6.07) is 9.64. The Bertz CT molecular complexity index is 504. The van der Waals surface area contributed by atoms with Crippen molar-refractivity contribution in [3.63, 3.8) is 0 Å². The van der Waals surface area contributed by atoms with Gasteiger partial charge in [0.15, 0.2) is 0 Å². The minimum absolute atomic E-state index is 0.0232. The number of nitrogens with zero attached hydrogens (tertiary/aromatic N) is 2. The fraction of sp³-hybridized carbons (Fsp3) is 0.231. The molecule has 0 atom stereocenters. The molecule has 88 valence electrons. The molecule has 4 heteroatoms. The Kier molecular flexibility index (Phi) is 3.23. The smallest absolute Gasteiger partial charge is 0.261 e. The summed E-state index contributed by atoms with van der Waals surface area (Å²) in [5.41, 5.74) is 2.32. The second-order valence-electron chi connectivity index (χ2n) is 3.79. The number of rotatable bonds is 3. The first kappa shape index (κ1) is 11.4. The molecule has 0 fully saturated rings. The molecule has 1 N–H and O–H groups in total. The van der Waals surface area contributed by atoms with E-state index in [1.807, 2.05) is 44.2 Å². The molecular formula is C13H15N3O. The summed E-state index contributed by atoms with van der Waals surface area (Å²) in [4.78, 5) is 14.1. The number of hydrogen-bond donors (Lipinski definition) is 1. The average molecular weight is 229 g/mol. The molecule has 4 nitrogen and oxygen atoms in total. The number of hydrogen-bond acceptors (Lipinski definition) is 2. The summed E-state index contributed by atoms with van der Waals surface area (Å²) in [7, 11) is 0. The number of aryl methyl sites for hydroxylation is 1. The lowest BCUT2D eigenvalue weighted by atomic mass is 10.2. The largest absolute Gasteiger partial charge is 0.309 e. The average Bonchev–Trinajstić information content (AvgIpc) is 2.77. The van der Waals surface area contributed by atoms with Crippen molar-refractivity contribution < 1.29 is 4.79 Å². The SMILES string of the molecule is CCN(C(=O)c1cn[nH]c1C)c1ccccc1. The van der Waals surface area contributed by atoms with Crippen molar-refractivity contribution in [2.75, 3.05) is 11.4 Å². The van der Waals surface area contributed by atoms with E-state index >= 15 is 0 Å². The molecule has 0 bridgehead atoms. The molecular weight excluding hydrogens is 214 g/mol. The number of aromatic nitrogens is 2. The summed E-state index contributed by atoms with van der Waals surface area (Å²) in [6.45, 7) is 4.44. The highest BCUT2D eigenvalue weighted by atomic mass is 16.2. The Hall–Kier alpha value is -2.10. The fourth-order valence-electron chi connectivity index (χ4n) is 1.76. The van der Waals surface area contributed by atoms with E-state index in [1.165, 1.54) is 0 Å². The van der Waals surface area contributed by atoms with Gasteiger partial charge in [0.05, 0.1) is 11.8 Å². The highest BCUT2D eigenvalue weighted by Gasteiger charge is 2.18. The number of carbonyl (C=O) groups excluding carboxylic acids is 1. The summed E-state index contributed by atoms with van der Waals surface area (Å²) >= 11 is 0. The molecule has 0 saturated heterocycles. The summed E-state index contributed by atoms with van der Waals surface area (Å²) in [6.07, 6.45) is 1.57. The molecule has 0 unspecified atom stereocenters. The number of amides is 1. The van der Waals surface area contributed by atoms with E-state index in [-0.39, 0.29) is 5.91 Å². The number of H-pyrrole nitrogens is 1.